The first-order chi connectivity index (χ1) is 16.1. The van der Waals surface area contributed by atoms with Gasteiger partial charge in [-0.1, -0.05) is 66.2 Å². The average Bonchev–Trinajstić information content (AvgIpc) is 3.12. The van der Waals surface area contributed by atoms with E-state index < -0.39 is 24.3 Å². The maximum Gasteiger partial charge on any atom is 0.336 e. The molecule has 3 aromatic rings. The Morgan fingerprint density at radius 1 is 0.912 bits per heavy atom. The number of benzene rings is 3. The van der Waals surface area contributed by atoms with Crippen LogP contribution in [0, 0.1) is 6.92 Å². The molecular weight excluding hydrogens is 443 g/mol. The molecular formula is C28H31N2O3P. The van der Waals surface area contributed by atoms with Gasteiger partial charge in [0.25, 0.3) is 0 Å². The number of carbonyl (C=O) groups excluding carboxylic acids is 1. The van der Waals surface area contributed by atoms with E-state index in [2.05, 4.69) is 0 Å². The summed E-state index contributed by atoms with van der Waals surface area (Å²) in [4.78, 5) is 18.3. The molecule has 6 heteroatoms. The van der Waals surface area contributed by atoms with Gasteiger partial charge in [0.2, 0.25) is 7.29 Å². The normalized spacial score (nSPS) is 22.2. The molecule has 0 aliphatic carbocycles. The number of hydrogen-bond acceptors (Lipinski definition) is 4. The topological polar surface area (TPSA) is 59.0 Å². The second-order valence-electron chi connectivity index (χ2n) is 9.30. The molecule has 0 saturated carbocycles. The lowest BCUT2D eigenvalue weighted by atomic mass is 9.75. The van der Waals surface area contributed by atoms with E-state index in [1.54, 1.807) is 17.9 Å². The van der Waals surface area contributed by atoms with Crippen LogP contribution in [0.4, 0.5) is 0 Å². The quantitative estimate of drug-likeness (QED) is 0.364. The summed E-state index contributed by atoms with van der Waals surface area (Å²) in [6.45, 7) is 9.36. The number of aryl methyl sites for hydroxylation is 1. The monoisotopic (exact) mass is 474 g/mol. The molecule has 1 aliphatic rings. The summed E-state index contributed by atoms with van der Waals surface area (Å²) in [6, 6.07) is 26.8. The Balaban J connectivity index is 2.01. The molecule has 176 valence electrons. The van der Waals surface area contributed by atoms with E-state index in [0.29, 0.717) is 10.6 Å². The van der Waals surface area contributed by atoms with Crippen LogP contribution in [0.3, 0.4) is 0 Å². The molecule has 1 aliphatic heterocycles. The molecule has 0 saturated heterocycles. The summed E-state index contributed by atoms with van der Waals surface area (Å²) in [5, 5.41) is 1.35. The minimum Gasteiger partial charge on any atom is -0.461 e. The second kappa shape index (κ2) is 8.88. The van der Waals surface area contributed by atoms with Gasteiger partial charge in [-0.05, 0) is 64.4 Å². The van der Waals surface area contributed by atoms with Gasteiger partial charge in [-0.3, -0.25) is 14.2 Å². The summed E-state index contributed by atoms with van der Waals surface area (Å²) in [7, 11) is -3.45. The Morgan fingerprint density at radius 2 is 1.47 bits per heavy atom. The fourth-order valence-corrected chi connectivity index (χ4v) is 7.61. The number of esters is 1. The van der Waals surface area contributed by atoms with Crippen molar-refractivity contribution in [3.05, 3.63) is 96.1 Å². The van der Waals surface area contributed by atoms with Crippen LogP contribution in [0.25, 0.3) is 0 Å². The van der Waals surface area contributed by atoms with Crippen molar-refractivity contribution in [3.8, 4) is 0 Å². The molecule has 0 amide bonds. The lowest BCUT2D eigenvalue weighted by Gasteiger charge is -2.47. The van der Waals surface area contributed by atoms with Crippen molar-refractivity contribution in [1.82, 2.24) is 4.67 Å². The van der Waals surface area contributed by atoms with Crippen LogP contribution < -0.4 is 10.6 Å². The fourth-order valence-electron chi connectivity index (χ4n) is 4.59. The highest BCUT2D eigenvalue weighted by Crippen LogP contribution is 2.59. The molecule has 0 aromatic heterocycles. The van der Waals surface area contributed by atoms with E-state index in [9.17, 15) is 4.79 Å². The number of hydrogen-bond donors (Lipinski definition) is 0. The molecule has 0 N–H and O–H groups in total. The van der Waals surface area contributed by atoms with Crippen LogP contribution >= 0.6 is 7.29 Å². The van der Waals surface area contributed by atoms with E-state index in [4.69, 9.17) is 9.73 Å². The predicted molar refractivity (Wildman–Crippen MR) is 138 cm³/mol. The van der Waals surface area contributed by atoms with Gasteiger partial charge in [-0.15, -0.1) is 0 Å². The Hall–Kier alpha value is -3.17. The molecule has 3 aromatic carbocycles. The number of ether oxygens (including phenoxy) is 1. The highest BCUT2D eigenvalue weighted by atomic mass is 31.2. The van der Waals surface area contributed by atoms with E-state index in [1.165, 1.54) is 0 Å². The molecule has 4 rings (SSSR count). The van der Waals surface area contributed by atoms with Gasteiger partial charge >= 0.3 is 5.97 Å². The van der Waals surface area contributed by atoms with Crippen LogP contribution in [-0.2, 0) is 19.6 Å². The first-order valence-corrected chi connectivity index (χ1v) is 13.1. The summed E-state index contributed by atoms with van der Waals surface area (Å²) in [6.07, 6.45) is 1.29. The second-order valence-corrected chi connectivity index (χ2v) is 11.9. The van der Waals surface area contributed by atoms with Crippen molar-refractivity contribution in [1.29, 1.82) is 0 Å². The third-order valence-corrected chi connectivity index (χ3v) is 9.77. The number of aliphatic imine (C=N–C) groups is 1. The highest BCUT2D eigenvalue weighted by molar-refractivity contribution is 7.77. The van der Waals surface area contributed by atoms with Crippen molar-refractivity contribution in [2.24, 2.45) is 4.99 Å². The van der Waals surface area contributed by atoms with E-state index in [-0.39, 0.29) is 6.10 Å². The number of carbonyl (C=O) groups is 1. The molecule has 0 spiro atoms. The minimum absolute atomic E-state index is 0.301. The van der Waals surface area contributed by atoms with Crippen LogP contribution in [0.1, 0.15) is 38.8 Å². The van der Waals surface area contributed by atoms with Gasteiger partial charge in [-0.2, -0.15) is 0 Å². The predicted octanol–water partition coefficient (Wildman–Crippen LogP) is 5.19. The largest absolute Gasteiger partial charge is 0.461 e. The summed E-state index contributed by atoms with van der Waals surface area (Å²) < 4.78 is 22.8. The zero-order valence-electron chi connectivity index (χ0n) is 20.3. The smallest absolute Gasteiger partial charge is 0.336 e. The third-order valence-electron chi connectivity index (χ3n) is 6.67. The molecule has 34 heavy (non-hydrogen) atoms. The third kappa shape index (κ3) is 3.69. The van der Waals surface area contributed by atoms with Crippen molar-refractivity contribution in [2.75, 3.05) is 0 Å². The van der Waals surface area contributed by atoms with Crippen LogP contribution in [0.2, 0.25) is 0 Å². The molecule has 1 heterocycles. The number of nitrogens with zero attached hydrogens (tertiary/aromatic N) is 2. The fraction of sp³-hybridized carbons (Fsp3) is 0.286. The Bertz CT molecular complexity index is 1220. The Labute approximate surface area is 201 Å². The molecule has 0 radical (unpaired) electrons. The standard InChI is InChI=1S/C28H31N2O3P/c1-21(2)33-26(31)27(4)28(5,23-14-12-13-22(3)19-23)30(20-29-27)34(32,24-15-8-6-9-16-24)25-17-10-7-11-18-25/h6-21H,1-5H3/t27-,28-/m0/s1. The zero-order chi connectivity index (χ0) is 24.6. The van der Waals surface area contributed by atoms with Gasteiger partial charge in [0, 0.05) is 10.6 Å². The van der Waals surface area contributed by atoms with E-state index >= 15 is 4.57 Å². The van der Waals surface area contributed by atoms with Crippen molar-refractivity contribution >= 4 is 30.2 Å². The van der Waals surface area contributed by atoms with Crippen molar-refractivity contribution in [2.45, 2.75) is 51.8 Å². The van der Waals surface area contributed by atoms with Gasteiger partial charge in [0.15, 0.2) is 5.54 Å². The maximum absolute atomic E-state index is 15.3. The summed E-state index contributed by atoms with van der Waals surface area (Å²) in [5.74, 6) is -0.446. The number of rotatable bonds is 6. The SMILES string of the molecule is Cc1cccc([C@]2(C)N(P(=O)(c3ccccc3)c3ccccc3)C=N[C@@]2(C)C(=O)OC(C)C)c1. The van der Waals surface area contributed by atoms with Gasteiger partial charge in [0.1, 0.15) is 5.54 Å². The first-order valence-electron chi connectivity index (χ1n) is 11.5. The lowest BCUT2D eigenvalue weighted by molar-refractivity contribution is -0.156. The molecule has 2 atom stereocenters. The first kappa shape index (κ1) is 24.0. The van der Waals surface area contributed by atoms with Crippen molar-refractivity contribution < 1.29 is 14.1 Å². The lowest BCUT2D eigenvalue weighted by Crippen LogP contribution is -2.57. The van der Waals surface area contributed by atoms with Gasteiger partial charge in [0.05, 0.1) is 12.4 Å². The van der Waals surface area contributed by atoms with Gasteiger partial charge in [-0.25, -0.2) is 4.79 Å². The van der Waals surface area contributed by atoms with E-state index in [1.807, 2.05) is 113 Å². The van der Waals surface area contributed by atoms with E-state index in [0.717, 1.165) is 11.1 Å². The molecule has 0 unspecified atom stereocenters. The Morgan fingerprint density at radius 3 is 1.97 bits per heavy atom. The summed E-state index contributed by atoms with van der Waals surface area (Å²) in [5.41, 5.74) is -0.504. The van der Waals surface area contributed by atoms with Crippen LogP contribution in [0.5, 0.6) is 0 Å². The summed E-state index contributed by atoms with van der Waals surface area (Å²) >= 11 is 0. The zero-order valence-corrected chi connectivity index (χ0v) is 21.2. The molecule has 0 bridgehead atoms. The molecule has 0 fully saturated rings. The Kier molecular flexibility index (Phi) is 6.26. The van der Waals surface area contributed by atoms with Crippen LogP contribution in [-0.4, -0.2) is 28.6 Å². The highest BCUT2D eigenvalue weighted by Gasteiger charge is 2.63. The van der Waals surface area contributed by atoms with Crippen LogP contribution in [0.15, 0.2) is 89.9 Å². The minimum atomic E-state index is -3.45. The molecule has 5 nitrogen and oxygen atoms in total. The average molecular weight is 475 g/mol. The van der Waals surface area contributed by atoms with Gasteiger partial charge < -0.3 is 4.74 Å². The van der Waals surface area contributed by atoms with Crippen molar-refractivity contribution in [3.63, 3.8) is 0 Å². The maximum atomic E-state index is 15.3.